The van der Waals surface area contributed by atoms with Gasteiger partial charge >= 0.3 is 0 Å². The Balaban J connectivity index is 2.76. The second-order valence-electron chi connectivity index (χ2n) is 5.56. The average Bonchev–Trinajstić information content (AvgIpc) is 2.28. The Kier molecular flexibility index (Phi) is 4.87. The summed E-state index contributed by atoms with van der Waals surface area (Å²) in [4.78, 5) is 13.5. The molecule has 0 saturated heterocycles. The number of hydrogen-bond acceptors (Lipinski definition) is 3. The molecule has 18 heavy (non-hydrogen) atoms. The maximum Gasteiger partial charge on any atom is 0.249 e. The number of amides is 1. The van der Waals surface area contributed by atoms with Gasteiger partial charge in [-0.3, -0.25) is 4.79 Å². The molecule has 0 aliphatic rings. The van der Waals surface area contributed by atoms with Gasteiger partial charge in [0.15, 0.2) is 0 Å². The first-order chi connectivity index (χ1) is 8.35. The Morgan fingerprint density at radius 3 is 2.50 bits per heavy atom. The van der Waals surface area contributed by atoms with Crippen LogP contribution in [0, 0.1) is 5.41 Å². The van der Waals surface area contributed by atoms with Gasteiger partial charge in [-0.15, -0.1) is 0 Å². The fraction of sp³-hybridized carbons (Fsp3) is 0.500. The molecule has 0 radical (unpaired) electrons. The number of rotatable bonds is 6. The van der Waals surface area contributed by atoms with Crippen molar-refractivity contribution in [1.82, 2.24) is 4.90 Å². The summed E-state index contributed by atoms with van der Waals surface area (Å²) in [5.41, 5.74) is 12.7. The fourth-order valence-corrected chi connectivity index (χ4v) is 2.04. The van der Waals surface area contributed by atoms with Crippen LogP contribution in [-0.2, 0) is 6.54 Å². The van der Waals surface area contributed by atoms with Crippen LogP contribution < -0.4 is 11.5 Å². The van der Waals surface area contributed by atoms with E-state index in [2.05, 4.69) is 18.7 Å². The fourth-order valence-electron chi connectivity index (χ4n) is 2.04. The van der Waals surface area contributed by atoms with E-state index in [1.807, 2.05) is 25.2 Å². The largest absolute Gasteiger partial charge is 0.366 e. The summed E-state index contributed by atoms with van der Waals surface area (Å²) in [6, 6.07) is 7.45. The van der Waals surface area contributed by atoms with Crippen molar-refractivity contribution in [1.29, 1.82) is 0 Å². The van der Waals surface area contributed by atoms with E-state index < -0.39 is 0 Å². The molecule has 100 valence electrons. The van der Waals surface area contributed by atoms with Gasteiger partial charge < -0.3 is 16.4 Å². The molecule has 1 aromatic carbocycles. The van der Waals surface area contributed by atoms with Gasteiger partial charge in [0.25, 0.3) is 0 Å². The zero-order chi connectivity index (χ0) is 13.8. The molecule has 4 nitrogen and oxygen atoms in total. The van der Waals surface area contributed by atoms with Gasteiger partial charge in [0, 0.05) is 18.7 Å². The van der Waals surface area contributed by atoms with Crippen LogP contribution in [0.5, 0.6) is 0 Å². The zero-order valence-electron chi connectivity index (χ0n) is 11.4. The molecule has 0 saturated carbocycles. The summed E-state index contributed by atoms with van der Waals surface area (Å²) in [7, 11) is 2.02. The number of benzene rings is 1. The molecule has 0 atom stereocenters. The molecule has 0 aliphatic carbocycles. The predicted molar refractivity (Wildman–Crippen MR) is 74.1 cm³/mol. The minimum absolute atomic E-state index is 0.0659. The van der Waals surface area contributed by atoms with E-state index in [9.17, 15) is 4.79 Å². The first kappa shape index (κ1) is 14.7. The highest BCUT2D eigenvalue weighted by Crippen LogP contribution is 2.17. The van der Waals surface area contributed by atoms with E-state index in [1.165, 1.54) is 0 Å². The molecule has 4 N–H and O–H groups in total. The van der Waals surface area contributed by atoms with E-state index in [4.69, 9.17) is 11.5 Å². The van der Waals surface area contributed by atoms with Crippen LogP contribution in [0.25, 0.3) is 0 Å². The molecule has 0 heterocycles. The lowest BCUT2D eigenvalue weighted by Crippen LogP contribution is -2.36. The Morgan fingerprint density at radius 2 is 1.94 bits per heavy atom. The average molecular weight is 249 g/mol. The van der Waals surface area contributed by atoms with Gasteiger partial charge in [-0.25, -0.2) is 0 Å². The number of carbonyl (C=O) groups is 1. The Hall–Kier alpha value is -1.39. The SMILES string of the molecule is CN(Cc1ccccc1C(N)=O)CC(C)(C)CN. The van der Waals surface area contributed by atoms with Crippen molar-refractivity contribution in [3.05, 3.63) is 35.4 Å². The quantitative estimate of drug-likeness (QED) is 0.795. The van der Waals surface area contributed by atoms with E-state index in [-0.39, 0.29) is 11.3 Å². The van der Waals surface area contributed by atoms with Crippen molar-refractivity contribution in [3.63, 3.8) is 0 Å². The lowest BCUT2D eigenvalue weighted by atomic mass is 9.93. The summed E-state index contributed by atoms with van der Waals surface area (Å²) in [6.45, 7) is 6.46. The van der Waals surface area contributed by atoms with Gasteiger partial charge in [0.2, 0.25) is 5.91 Å². The molecule has 1 amide bonds. The molecule has 0 aliphatic heterocycles. The summed E-state index contributed by atoms with van der Waals surface area (Å²) in [6.07, 6.45) is 0. The third-order valence-electron chi connectivity index (χ3n) is 2.97. The van der Waals surface area contributed by atoms with Gasteiger partial charge in [0.1, 0.15) is 0 Å². The van der Waals surface area contributed by atoms with Crippen LogP contribution in [0.3, 0.4) is 0 Å². The third-order valence-corrected chi connectivity index (χ3v) is 2.97. The lowest BCUT2D eigenvalue weighted by Gasteiger charge is -2.29. The molecule has 4 heteroatoms. The standard InChI is InChI=1S/C14H23N3O/c1-14(2,9-15)10-17(3)8-11-6-4-5-7-12(11)13(16)18/h4-7H,8-10,15H2,1-3H3,(H2,16,18). The van der Waals surface area contributed by atoms with E-state index in [1.54, 1.807) is 6.07 Å². The summed E-state index contributed by atoms with van der Waals surface area (Å²) >= 11 is 0. The first-order valence-electron chi connectivity index (χ1n) is 6.12. The minimum Gasteiger partial charge on any atom is -0.366 e. The molecule has 1 aromatic rings. The molecular weight excluding hydrogens is 226 g/mol. The number of nitrogens with zero attached hydrogens (tertiary/aromatic N) is 1. The Morgan fingerprint density at radius 1 is 1.33 bits per heavy atom. The van der Waals surface area contributed by atoms with Gasteiger partial charge in [-0.1, -0.05) is 32.0 Å². The van der Waals surface area contributed by atoms with Crippen LogP contribution in [0.1, 0.15) is 29.8 Å². The summed E-state index contributed by atoms with van der Waals surface area (Å²) in [5, 5.41) is 0. The van der Waals surface area contributed by atoms with Crippen LogP contribution >= 0.6 is 0 Å². The van der Waals surface area contributed by atoms with Crippen molar-refractivity contribution in [2.45, 2.75) is 20.4 Å². The van der Waals surface area contributed by atoms with Crippen molar-refractivity contribution < 1.29 is 4.79 Å². The molecule has 1 rings (SSSR count). The highest BCUT2D eigenvalue weighted by molar-refractivity contribution is 5.94. The maximum absolute atomic E-state index is 11.3. The van der Waals surface area contributed by atoms with Gasteiger partial charge in [0.05, 0.1) is 0 Å². The van der Waals surface area contributed by atoms with E-state index in [0.717, 1.165) is 12.1 Å². The van der Waals surface area contributed by atoms with Gasteiger partial charge in [-0.05, 0) is 30.6 Å². The van der Waals surface area contributed by atoms with Crippen LogP contribution in [-0.4, -0.2) is 30.9 Å². The predicted octanol–water partition coefficient (Wildman–Crippen LogP) is 1.20. The molecule has 0 aromatic heterocycles. The van der Waals surface area contributed by atoms with Crippen LogP contribution in [0.2, 0.25) is 0 Å². The number of hydrogen-bond donors (Lipinski definition) is 2. The number of carbonyl (C=O) groups excluding carboxylic acids is 1. The van der Waals surface area contributed by atoms with Crippen molar-refractivity contribution in [2.24, 2.45) is 16.9 Å². The molecule has 0 fully saturated rings. The van der Waals surface area contributed by atoms with Gasteiger partial charge in [-0.2, -0.15) is 0 Å². The Labute approximate surface area is 109 Å². The monoisotopic (exact) mass is 249 g/mol. The lowest BCUT2D eigenvalue weighted by molar-refractivity contribution is 0.0998. The molecular formula is C14H23N3O. The Bertz CT molecular complexity index is 415. The topological polar surface area (TPSA) is 72.3 Å². The number of nitrogens with two attached hydrogens (primary N) is 2. The summed E-state index contributed by atoms with van der Waals surface area (Å²) < 4.78 is 0. The van der Waals surface area contributed by atoms with Crippen LogP contribution in [0.4, 0.5) is 0 Å². The molecule has 0 bridgehead atoms. The second kappa shape index (κ2) is 5.98. The normalized spacial score (nSPS) is 11.8. The highest BCUT2D eigenvalue weighted by Gasteiger charge is 2.19. The maximum atomic E-state index is 11.3. The van der Waals surface area contributed by atoms with Crippen molar-refractivity contribution in [3.8, 4) is 0 Å². The molecule has 0 unspecified atom stereocenters. The van der Waals surface area contributed by atoms with Crippen molar-refractivity contribution >= 4 is 5.91 Å². The zero-order valence-corrected chi connectivity index (χ0v) is 11.4. The van der Waals surface area contributed by atoms with E-state index in [0.29, 0.717) is 18.7 Å². The second-order valence-corrected chi connectivity index (χ2v) is 5.56. The number of primary amides is 1. The van der Waals surface area contributed by atoms with Crippen molar-refractivity contribution in [2.75, 3.05) is 20.1 Å². The highest BCUT2D eigenvalue weighted by atomic mass is 16.1. The van der Waals surface area contributed by atoms with E-state index >= 15 is 0 Å². The minimum atomic E-state index is -0.378. The van der Waals surface area contributed by atoms with Crippen LogP contribution in [0.15, 0.2) is 24.3 Å². The summed E-state index contributed by atoms with van der Waals surface area (Å²) in [5.74, 6) is -0.378. The first-order valence-corrected chi connectivity index (χ1v) is 6.12. The smallest absolute Gasteiger partial charge is 0.249 e. The third kappa shape index (κ3) is 4.13. The molecule has 0 spiro atoms.